The van der Waals surface area contributed by atoms with Crippen molar-refractivity contribution in [3.05, 3.63) is 34.9 Å². The Morgan fingerprint density at radius 2 is 1.69 bits per heavy atom. The number of carbonyl (C=O) groups is 2. The van der Waals surface area contributed by atoms with Gasteiger partial charge in [-0.25, -0.2) is 0 Å². The van der Waals surface area contributed by atoms with Gasteiger partial charge in [0.2, 0.25) is 5.91 Å². The predicted octanol–water partition coefficient (Wildman–Crippen LogP) is 4.06. The van der Waals surface area contributed by atoms with Crippen molar-refractivity contribution in [3.8, 4) is 0 Å². The summed E-state index contributed by atoms with van der Waals surface area (Å²) < 4.78 is 0. The number of hydrogen-bond acceptors (Lipinski definition) is 3. The van der Waals surface area contributed by atoms with Crippen LogP contribution in [0.1, 0.15) is 61.7 Å². The molecule has 1 heterocycles. The maximum Gasteiger partial charge on any atom is 0.223 e. The van der Waals surface area contributed by atoms with Crippen molar-refractivity contribution >= 4 is 23.3 Å². The molecule has 4 nitrogen and oxygen atoms in total. The quantitative estimate of drug-likeness (QED) is 0.761. The Kier molecular flexibility index (Phi) is 6.36. The molecule has 142 valence electrons. The summed E-state index contributed by atoms with van der Waals surface area (Å²) in [6.45, 7) is 2.74. The molecule has 2 fully saturated rings. The van der Waals surface area contributed by atoms with E-state index in [2.05, 4.69) is 4.90 Å². The summed E-state index contributed by atoms with van der Waals surface area (Å²) in [6.07, 6.45) is 7.93. The van der Waals surface area contributed by atoms with Crippen LogP contribution in [0.4, 0.5) is 0 Å². The smallest absolute Gasteiger partial charge is 0.223 e. The van der Waals surface area contributed by atoms with Gasteiger partial charge in [0.15, 0.2) is 5.78 Å². The molecule has 0 atom stereocenters. The molecule has 1 aliphatic carbocycles. The SMILES string of the molecule is NC(=O)C1(CCN2CCC(C(=O)c3ccc(Cl)cc3)CC2)CCCCC1. The van der Waals surface area contributed by atoms with Crippen LogP contribution in [-0.4, -0.2) is 36.2 Å². The number of likely N-dealkylation sites (tertiary alicyclic amines) is 1. The zero-order chi connectivity index (χ0) is 18.6. The molecule has 2 aliphatic rings. The van der Waals surface area contributed by atoms with Gasteiger partial charge in [0.1, 0.15) is 0 Å². The minimum Gasteiger partial charge on any atom is -0.369 e. The third-order valence-corrected chi connectivity index (χ3v) is 6.58. The van der Waals surface area contributed by atoms with E-state index in [9.17, 15) is 9.59 Å². The van der Waals surface area contributed by atoms with Crippen LogP contribution < -0.4 is 5.73 Å². The Balaban J connectivity index is 1.49. The largest absolute Gasteiger partial charge is 0.369 e. The molecule has 0 spiro atoms. The van der Waals surface area contributed by atoms with Gasteiger partial charge >= 0.3 is 0 Å². The van der Waals surface area contributed by atoms with Crippen molar-refractivity contribution in [3.63, 3.8) is 0 Å². The van der Waals surface area contributed by atoms with Crippen LogP contribution in [0.2, 0.25) is 5.02 Å². The highest BCUT2D eigenvalue weighted by Gasteiger charge is 2.38. The molecule has 1 aromatic carbocycles. The highest BCUT2D eigenvalue weighted by atomic mass is 35.5. The topological polar surface area (TPSA) is 63.4 Å². The van der Waals surface area contributed by atoms with Gasteiger partial charge in [-0.1, -0.05) is 30.9 Å². The molecule has 1 saturated heterocycles. The summed E-state index contributed by atoms with van der Waals surface area (Å²) in [5.41, 5.74) is 6.20. The van der Waals surface area contributed by atoms with Crippen LogP contribution in [-0.2, 0) is 4.79 Å². The third kappa shape index (κ3) is 4.47. The minimum atomic E-state index is -0.297. The lowest BCUT2D eigenvalue weighted by Crippen LogP contribution is -2.43. The van der Waals surface area contributed by atoms with Crippen LogP contribution in [0.15, 0.2) is 24.3 Å². The first-order valence-corrected chi connectivity index (χ1v) is 10.2. The number of piperidine rings is 1. The predicted molar refractivity (Wildman–Crippen MR) is 104 cm³/mol. The average molecular weight is 377 g/mol. The van der Waals surface area contributed by atoms with E-state index in [0.717, 1.165) is 70.1 Å². The second kappa shape index (κ2) is 8.53. The molecule has 1 saturated carbocycles. The fraction of sp³-hybridized carbons (Fsp3) is 0.619. The Bertz CT molecular complexity index is 630. The second-order valence-corrected chi connectivity index (χ2v) is 8.38. The van der Waals surface area contributed by atoms with Gasteiger partial charge in [0, 0.05) is 16.5 Å². The van der Waals surface area contributed by atoms with Crippen LogP contribution in [0.5, 0.6) is 0 Å². The monoisotopic (exact) mass is 376 g/mol. The van der Waals surface area contributed by atoms with E-state index in [4.69, 9.17) is 17.3 Å². The Hall–Kier alpha value is -1.39. The molecular weight excluding hydrogens is 348 g/mol. The molecule has 3 rings (SSSR count). The summed E-state index contributed by atoms with van der Waals surface area (Å²) >= 11 is 5.90. The fourth-order valence-corrected chi connectivity index (χ4v) is 4.61. The van der Waals surface area contributed by atoms with Gasteiger partial charge in [-0.2, -0.15) is 0 Å². The summed E-state index contributed by atoms with van der Waals surface area (Å²) in [5, 5.41) is 0.655. The number of ketones is 1. The minimum absolute atomic E-state index is 0.0900. The number of rotatable bonds is 6. The standard InChI is InChI=1S/C21H29ClN2O2/c22-18-6-4-16(5-7-18)19(25)17-8-13-24(14-9-17)15-12-21(20(23)26)10-2-1-3-11-21/h4-7,17H,1-3,8-15H2,(H2,23,26). The van der Waals surface area contributed by atoms with Gasteiger partial charge < -0.3 is 10.6 Å². The van der Waals surface area contributed by atoms with Gasteiger partial charge in [0.05, 0.1) is 5.41 Å². The third-order valence-electron chi connectivity index (χ3n) is 6.33. The van der Waals surface area contributed by atoms with E-state index in [1.807, 2.05) is 12.1 Å². The molecule has 26 heavy (non-hydrogen) atoms. The van der Waals surface area contributed by atoms with Gasteiger partial charge in [-0.3, -0.25) is 9.59 Å². The van der Waals surface area contributed by atoms with Gasteiger partial charge in [-0.15, -0.1) is 0 Å². The zero-order valence-corrected chi connectivity index (χ0v) is 16.1. The molecule has 0 unspecified atom stereocenters. The van der Waals surface area contributed by atoms with E-state index in [1.54, 1.807) is 12.1 Å². The van der Waals surface area contributed by atoms with Gasteiger partial charge in [0.25, 0.3) is 0 Å². The zero-order valence-electron chi connectivity index (χ0n) is 15.4. The molecule has 1 amide bonds. The maximum atomic E-state index is 12.6. The van der Waals surface area contributed by atoms with Crippen LogP contribution >= 0.6 is 11.6 Å². The van der Waals surface area contributed by atoms with E-state index in [1.165, 1.54) is 6.42 Å². The summed E-state index contributed by atoms with van der Waals surface area (Å²) in [5.74, 6) is 0.194. The average Bonchev–Trinajstić information content (AvgIpc) is 2.67. The summed E-state index contributed by atoms with van der Waals surface area (Å²) in [4.78, 5) is 27.1. The molecule has 1 aliphatic heterocycles. The number of halogens is 1. The lowest BCUT2D eigenvalue weighted by Gasteiger charge is -2.38. The molecule has 0 aromatic heterocycles. The molecule has 0 radical (unpaired) electrons. The number of primary amides is 1. The van der Waals surface area contributed by atoms with Crippen molar-refractivity contribution < 1.29 is 9.59 Å². The lowest BCUT2D eigenvalue weighted by atomic mass is 9.71. The highest BCUT2D eigenvalue weighted by molar-refractivity contribution is 6.30. The molecule has 0 bridgehead atoms. The normalized spacial score (nSPS) is 21.4. The van der Waals surface area contributed by atoms with Crippen molar-refractivity contribution in [2.24, 2.45) is 17.1 Å². The van der Waals surface area contributed by atoms with E-state index in [-0.39, 0.29) is 23.0 Å². The van der Waals surface area contributed by atoms with Crippen molar-refractivity contribution in [2.45, 2.75) is 51.4 Å². The Morgan fingerprint density at radius 3 is 2.27 bits per heavy atom. The summed E-state index contributed by atoms with van der Waals surface area (Å²) in [6, 6.07) is 7.18. The maximum absolute atomic E-state index is 12.6. The Labute approximate surface area is 161 Å². The first kappa shape index (κ1) is 19.4. The number of hydrogen-bond donors (Lipinski definition) is 1. The number of amides is 1. The van der Waals surface area contributed by atoms with Crippen molar-refractivity contribution in [1.82, 2.24) is 4.90 Å². The van der Waals surface area contributed by atoms with Crippen LogP contribution in [0, 0.1) is 11.3 Å². The van der Waals surface area contributed by atoms with Crippen molar-refractivity contribution in [2.75, 3.05) is 19.6 Å². The van der Waals surface area contributed by atoms with E-state index < -0.39 is 0 Å². The second-order valence-electron chi connectivity index (χ2n) is 7.94. The first-order chi connectivity index (χ1) is 12.5. The van der Waals surface area contributed by atoms with E-state index in [0.29, 0.717) is 5.02 Å². The van der Waals surface area contributed by atoms with Crippen LogP contribution in [0.3, 0.4) is 0 Å². The highest BCUT2D eigenvalue weighted by Crippen LogP contribution is 2.39. The number of nitrogens with zero attached hydrogens (tertiary/aromatic N) is 1. The van der Waals surface area contributed by atoms with E-state index >= 15 is 0 Å². The number of carbonyl (C=O) groups excluding carboxylic acids is 2. The molecular formula is C21H29ClN2O2. The van der Waals surface area contributed by atoms with Crippen molar-refractivity contribution in [1.29, 1.82) is 0 Å². The lowest BCUT2D eigenvalue weighted by molar-refractivity contribution is -0.130. The summed E-state index contributed by atoms with van der Waals surface area (Å²) in [7, 11) is 0. The number of nitrogens with two attached hydrogens (primary N) is 1. The molecule has 2 N–H and O–H groups in total. The fourth-order valence-electron chi connectivity index (χ4n) is 4.49. The van der Waals surface area contributed by atoms with Crippen LogP contribution in [0.25, 0.3) is 0 Å². The number of benzene rings is 1. The molecule has 1 aromatic rings. The first-order valence-electron chi connectivity index (χ1n) is 9.82. The van der Waals surface area contributed by atoms with Gasteiger partial charge in [-0.05, 0) is 76.0 Å². The molecule has 5 heteroatoms. The number of Topliss-reactive ketones (excluding diaryl/α,β-unsaturated/α-hetero) is 1. The Morgan fingerprint density at radius 1 is 1.08 bits per heavy atom.